The van der Waals surface area contributed by atoms with Gasteiger partial charge in [0, 0.05) is 5.54 Å². The Balaban J connectivity index is 2.25. The molecule has 3 N–H and O–H groups in total. The van der Waals surface area contributed by atoms with Gasteiger partial charge in [-0.05, 0) is 43.9 Å². The highest BCUT2D eigenvalue weighted by atomic mass is 32.2. The fraction of sp³-hybridized carbons (Fsp3) is 0.500. The zero-order chi connectivity index (χ0) is 13.4. The van der Waals surface area contributed by atoms with E-state index in [1.165, 1.54) is 12.1 Å². The molecule has 0 bridgehead atoms. The molecule has 0 saturated heterocycles. The predicted molar refractivity (Wildman–Crippen MR) is 68.3 cm³/mol. The summed E-state index contributed by atoms with van der Waals surface area (Å²) in [5, 5.41) is 8.13. The molecule has 1 aromatic rings. The zero-order valence-corrected chi connectivity index (χ0v) is 11.1. The molecule has 4 nitrogen and oxygen atoms in total. The van der Waals surface area contributed by atoms with Crippen molar-refractivity contribution >= 4 is 15.7 Å². The van der Waals surface area contributed by atoms with E-state index >= 15 is 0 Å². The Morgan fingerprint density at radius 3 is 2.50 bits per heavy atom. The van der Waals surface area contributed by atoms with E-state index in [1.54, 1.807) is 0 Å². The molecule has 1 aromatic carbocycles. The molecule has 0 aromatic heterocycles. The van der Waals surface area contributed by atoms with E-state index in [-0.39, 0.29) is 10.4 Å². The first-order valence-electron chi connectivity index (χ1n) is 5.97. The smallest absolute Gasteiger partial charge is 0.238 e. The zero-order valence-electron chi connectivity index (χ0n) is 10.2. The summed E-state index contributed by atoms with van der Waals surface area (Å²) in [6.45, 7) is 2.06. The second-order valence-electron chi connectivity index (χ2n) is 4.80. The molecule has 100 valence electrons. The lowest BCUT2D eigenvalue weighted by molar-refractivity contribution is 0.268. The summed E-state index contributed by atoms with van der Waals surface area (Å²) >= 11 is 0. The van der Waals surface area contributed by atoms with Crippen molar-refractivity contribution in [1.29, 1.82) is 0 Å². The van der Waals surface area contributed by atoms with E-state index in [1.807, 2.05) is 0 Å². The molecule has 1 aliphatic carbocycles. The highest BCUT2D eigenvalue weighted by Gasteiger charge is 2.35. The van der Waals surface area contributed by atoms with Gasteiger partial charge in [0.05, 0.1) is 10.6 Å². The summed E-state index contributed by atoms with van der Waals surface area (Å²) in [7, 11) is -3.85. The van der Waals surface area contributed by atoms with E-state index in [0.717, 1.165) is 31.7 Å². The second kappa shape index (κ2) is 4.51. The standard InChI is InChI=1S/C12H17FN2O2S/c1-2-12(6-3-7-12)15-11-5-4-9(8-10(11)13)18(14,16)17/h4-5,8,15H,2-3,6-7H2,1H3,(H2,14,16,17). The summed E-state index contributed by atoms with van der Waals surface area (Å²) in [4.78, 5) is -0.204. The molecule has 0 amide bonds. The Labute approximate surface area is 106 Å². The van der Waals surface area contributed by atoms with Gasteiger partial charge in [-0.15, -0.1) is 0 Å². The van der Waals surface area contributed by atoms with Crippen LogP contribution in [0.1, 0.15) is 32.6 Å². The van der Waals surface area contributed by atoms with Crippen LogP contribution in [0.4, 0.5) is 10.1 Å². The maximum Gasteiger partial charge on any atom is 0.238 e. The van der Waals surface area contributed by atoms with Crippen LogP contribution in [0.3, 0.4) is 0 Å². The van der Waals surface area contributed by atoms with Gasteiger partial charge < -0.3 is 5.32 Å². The van der Waals surface area contributed by atoms with Crippen molar-refractivity contribution in [3.8, 4) is 0 Å². The van der Waals surface area contributed by atoms with Gasteiger partial charge in [-0.3, -0.25) is 0 Å². The van der Waals surface area contributed by atoms with Gasteiger partial charge >= 0.3 is 0 Å². The lowest BCUT2D eigenvalue weighted by atomic mass is 9.74. The van der Waals surface area contributed by atoms with Crippen molar-refractivity contribution < 1.29 is 12.8 Å². The summed E-state index contributed by atoms with van der Waals surface area (Å²) in [5.41, 5.74) is 0.299. The topological polar surface area (TPSA) is 72.2 Å². The highest BCUT2D eigenvalue weighted by molar-refractivity contribution is 7.89. The summed E-state index contributed by atoms with van der Waals surface area (Å²) < 4.78 is 36.0. The van der Waals surface area contributed by atoms with Gasteiger partial charge in [0.2, 0.25) is 10.0 Å². The van der Waals surface area contributed by atoms with Crippen LogP contribution in [0.5, 0.6) is 0 Å². The van der Waals surface area contributed by atoms with E-state index in [2.05, 4.69) is 12.2 Å². The minimum absolute atomic E-state index is 0.0378. The lowest BCUT2D eigenvalue weighted by Gasteiger charge is -2.43. The number of benzene rings is 1. The summed E-state index contributed by atoms with van der Waals surface area (Å²) in [5.74, 6) is -0.582. The van der Waals surface area contributed by atoms with Gasteiger partial charge in [-0.25, -0.2) is 17.9 Å². The average molecular weight is 272 g/mol. The van der Waals surface area contributed by atoms with Crippen molar-refractivity contribution in [2.75, 3.05) is 5.32 Å². The molecular formula is C12H17FN2O2S. The third-order valence-electron chi connectivity index (χ3n) is 3.66. The number of halogens is 1. The number of primary sulfonamides is 1. The van der Waals surface area contributed by atoms with Gasteiger partial charge in [0.15, 0.2) is 0 Å². The van der Waals surface area contributed by atoms with Gasteiger partial charge in [-0.1, -0.05) is 6.92 Å². The Hall–Kier alpha value is -1.14. The quantitative estimate of drug-likeness (QED) is 0.882. The Morgan fingerprint density at radius 1 is 1.44 bits per heavy atom. The summed E-state index contributed by atoms with van der Waals surface area (Å²) in [6.07, 6.45) is 4.08. The fourth-order valence-corrected chi connectivity index (χ4v) is 2.76. The molecule has 1 aliphatic rings. The first kappa shape index (κ1) is 13.3. The molecule has 0 spiro atoms. The maximum absolute atomic E-state index is 13.8. The normalized spacial score (nSPS) is 18.2. The molecule has 6 heteroatoms. The Kier molecular flexibility index (Phi) is 3.33. The molecule has 0 aliphatic heterocycles. The van der Waals surface area contributed by atoms with Gasteiger partial charge in [0.1, 0.15) is 5.82 Å². The molecule has 1 fully saturated rings. The van der Waals surface area contributed by atoms with Crippen molar-refractivity contribution in [3.63, 3.8) is 0 Å². The Morgan fingerprint density at radius 2 is 2.11 bits per heavy atom. The van der Waals surface area contributed by atoms with Crippen molar-refractivity contribution in [2.45, 2.75) is 43.0 Å². The SMILES string of the molecule is CCC1(Nc2ccc(S(N)(=O)=O)cc2F)CCC1. The monoisotopic (exact) mass is 272 g/mol. The van der Waals surface area contributed by atoms with Crippen LogP contribution in [-0.4, -0.2) is 14.0 Å². The molecule has 0 atom stereocenters. The van der Waals surface area contributed by atoms with Crippen molar-refractivity contribution in [1.82, 2.24) is 0 Å². The van der Waals surface area contributed by atoms with Crippen molar-refractivity contribution in [2.24, 2.45) is 5.14 Å². The second-order valence-corrected chi connectivity index (χ2v) is 6.36. The van der Waals surface area contributed by atoms with Gasteiger partial charge in [0.25, 0.3) is 0 Å². The predicted octanol–water partition coefficient (Wildman–Crippen LogP) is 2.22. The number of nitrogens with two attached hydrogens (primary N) is 1. The first-order valence-corrected chi connectivity index (χ1v) is 7.51. The largest absolute Gasteiger partial charge is 0.377 e. The molecule has 18 heavy (non-hydrogen) atoms. The number of nitrogens with one attached hydrogen (secondary N) is 1. The van der Waals surface area contributed by atoms with Gasteiger partial charge in [-0.2, -0.15) is 0 Å². The maximum atomic E-state index is 13.8. The van der Waals surface area contributed by atoms with E-state index < -0.39 is 15.8 Å². The minimum atomic E-state index is -3.85. The fourth-order valence-electron chi connectivity index (χ4n) is 2.23. The van der Waals surface area contributed by atoms with Crippen LogP contribution in [0.2, 0.25) is 0 Å². The van der Waals surface area contributed by atoms with E-state index in [4.69, 9.17) is 5.14 Å². The first-order chi connectivity index (χ1) is 8.36. The summed E-state index contributed by atoms with van der Waals surface area (Å²) in [6, 6.07) is 3.72. The number of rotatable bonds is 4. The molecular weight excluding hydrogens is 255 g/mol. The molecule has 0 radical (unpaired) electrons. The number of anilines is 1. The van der Waals surface area contributed by atoms with Crippen LogP contribution >= 0.6 is 0 Å². The average Bonchev–Trinajstić information content (AvgIpc) is 2.24. The van der Waals surface area contributed by atoms with Crippen LogP contribution in [0, 0.1) is 5.82 Å². The van der Waals surface area contributed by atoms with Crippen LogP contribution < -0.4 is 10.5 Å². The van der Waals surface area contributed by atoms with Crippen LogP contribution in [-0.2, 0) is 10.0 Å². The number of sulfonamides is 1. The number of hydrogen-bond donors (Lipinski definition) is 2. The van der Waals surface area contributed by atoms with Crippen molar-refractivity contribution in [3.05, 3.63) is 24.0 Å². The van der Waals surface area contributed by atoms with Crippen LogP contribution in [0.15, 0.2) is 23.1 Å². The number of hydrogen-bond acceptors (Lipinski definition) is 3. The molecule has 2 rings (SSSR count). The minimum Gasteiger partial charge on any atom is -0.377 e. The lowest BCUT2D eigenvalue weighted by Crippen LogP contribution is -2.44. The molecule has 1 saturated carbocycles. The van der Waals surface area contributed by atoms with E-state index in [9.17, 15) is 12.8 Å². The third kappa shape index (κ3) is 2.49. The third-order valence-corrected chi connectivity index (χ3v) is 4.57. The van der Waals surface area contributed by atoms with Crippen LogP contribution in [0.25, 0.3) is 0 Å². The van der Waals surface area contributed by atoms with E-state index in [0.29, 0.717) is 5.69 Å². The highest BCUT2D eigenvalue weighted by Crippen LogP contribution is 2.38. The molecule has 0 unspecified atom stereocenters. The molecule has 0 heterocycles. The Bertz CT molecular complexity index is 548.